The SMILES string of the molecule is Cc1nnc2n1-c1ccc(Cl)cc1C(c1ccccc1Cl)=N[C@H]2O[C@H]1O[C@H](C(=O)O)[C@H](O)[C@@H](O)[C@H]1O. The third-order valence-corrected chi connectivity index (χ3v) is 6.54. The summed E-state index contributed by atoms with van der Waals surface area (Å²) in [7, 11) is 0. The Labute approximate surface area is 214 Å². The van der Waals surface area contributed by atoms with Gasteiger partial charge in [0.15, 0.2) is 18.2 Å². The van der Waals surface area contributed by atoms with E-state index < -0.39 is 42.9 Å². The maximum Gasteiger partial charge on any atom is 0.335 e. The van der Waals surface area contributed by atoms with E-state index in [1.165, 1.54) is 0 Å². The number of hydrogen-bond donors (Lipinski definition) is 4. The summed E-state index contributed by atoms with van der Waals surface area (Å²) in [4.78, 5) is 16.3. The van der Waals surface area contributed by atoms with Crippen molar-refractivity contribution in [2.75, 3.05) is 0 Å². The number of aliphatic carboxylic acids is 1. The van der Waals surface area contributed by atoms with Crippen LogP contribution in [0.25, 0.3) is 5.69 Å². The fourth-order valence-corrected chi connectivity index (χ4v) is 4.62. The van der Waals surface area contributed by atoms with E-state index in [0.29, 0.717) is 38.4 Å². The highest BCUT2D eigenvalue weighted by Gasteiger charge is 2.48. The number of halogens is 2. The van der Waals surface area contributed by atoms with Gasteiger partial charge in [0.1, 0.15) is 24.1 Å². The summed E-state index contributed by atoms with van der Waals surface area (Å²) in [5.74, 6) is -0.854. The number of carboxylic acid groups (broad SMARTS) is 1. The van der Waals surface area contributed by atoms with Gasteiger partial charge in [-0.05, 0) is 31.2 Å². The third kappa shape index (κ3) is 4.18. The molecule has 2 aliphatic heterocycles. The van der Waals surface area contributed by atoms with E-state index in [9.17, 15) is 25.2 Å². The molecule has 2 aromatic carbocycles. The van der Waals surface area contributed by atoms with E-state index >= 15 is 0 Å². The molecule has 2 aliphatic rings. The van der Waals surface area contributed by atoms with Crippen LogP contribution in [-0.2, 0) is 14.3 Å². The number of aryl methyl sites for hydroxylation is 1. The zero-order valence-corrected chi connectivity index (χ0v) is 20.1. The van der Waals surface area contributed by atoms with Gasteiger partial charge in [-0.25, -0.2) is 9.79 Å². The van der Waals surface area contributed by atoms with Crippen LogP contribution in [0.5, 0.6) is 0 Å². The van der Waals surface area contributed by atoms with Crippen LogP contribution in [0.15, 0.2) is 47.5 Å². The average Bonchev–Trinajstić information content (AvgIpc) is 3.17. The molecule has 11 nitrogen and oxygen atoms in total. The Hall–Kier alpha value is -2.90. The van der Waals surface area contributed by atoms with Crippen molar-refractivity contribution in [3.05, 3.63) is 75.3 Å². The molecule has 1 fully saturated rings. The molecule has 0 unspecified atom stereocenters. The summed E-state index contributed by atoms with van der Waals surface area (Å²) < 4.78 is 12.9. The molecule has 1 saturated heterocycles. The zero-order chi connectivity index (χ0) is 25.7. The molecule has 5 rings (SSSR count). The van der Waals surface area contributed by atoms with Gasteiger partial charge in [-0.1, -0.05) is 41.4 Å². The number of rotatable bonds is 4. The molecule has 0 bridgehead atoms. The minimum absolute atomic E-state index is 0.196. The number of nitrogens with zero attached hydrogens (tertiary/aromatic N) is 4. The number of aliphatic hydroxyl groups excluding tert-OH is 3. The highest BCUT2D eigenvalue weighted by atomic mass is 35.5. The van der Waals surface area contributed by atoms with Gasteiger partial charge < -0.3 is 29.9 Å². The fraction of sp³-hybridized carbons (Fsp3) is 0.304. The molecule has 6 atom stereocenters. The first-order valence-corrected chi connectivity index (χ1v) is 11.6. The number of carbonyl (C=O) groups is 1. The third-order valence-electron chi connectivity index (χ3n) is 5.98. The van der Waals surface area contributed by atoms with E-state index in [1.54, 1.807) is 54.0 Å². The first-order valence-electron chi connectivity index (χ1n) is 10.8. The molecule has 1 aromatic heterocycles. The Morgan fingerprint density at radius 2 is 1.78 bits per heavy atom. The summed E-state index contributed by atoms with van der Waals surface area (Å²) in [6.45, 7) is 1.72. The van der Waals surface area contributed by atoms with Crippen LogP contribution in [0.1, 0.15) is 29.0 Å². The van der Waals surface area contributed by atoms with Gasteiger partial charge in [0.2, 0.25) is 6.23 Å². The van der Waals surface area contributed by atoms with E-state index in [1.807, 2.05) is 0 Å². The van der Waals surface area contributed by atoms with Crippen LogP contribution in [0.4, 0.5) is 0 Å². The number of benzene rings is 2. The van der Waals surface area contributed by atoms with E-state index in [2.05, 4.69) is 10.2 Å². The van der Waals surface area contributed by atoms with Crippen molar-refractivity contribution in [2.45, 2.75) is 43.9 Å². The normalized spacial score (nSPS) is 27.6. The van der Waals surface area contributed by atoms with E-state index in [4.69, 9.17) is 37.7 Å². The first kappa shape index (κ1) is 24.8. The standard InChI is InChI=1S/C23H20Cl2N4O7/c1-9-27-28-20-21(36-23-18(32)16(30)17(31)19(35-23)22(33)34)26-15(11-4-2-3-5-13(11)25)12-8-10(24)6-7-14(12)29(9)20/h2-8,16-19,21,23,30-32H,1H3,(H,33,34)/t16-,17-,18-,19+,21+,23-/m1/s1. The van der Waals surface area contributed by atoms with Gasteiger partial charge in [-0.15, -0.1) is 10.2 Å². The fourth-order valence-electron chi connectivity index (χ4n) is 4.22. The molecule has 13 heteroatoms. The predicted octanol–water partition coefficient (Wildman–Crippen LogP) is 1.64. The van der Waals surface area contributed by atoms with Gasteiger partial charge in [0, 0.05) is 21.2 Å². The van der Waals surface area contributed by atoms with Crippen molar-refractivity contribution in [2.24, 2.45) is 4.99 Å². The van der Waals surface area contributed by atoms with E-state index in [-0.39, 0.29) is 5.82 Å². The number of ether oxygens (including phenoxy) is 2. The summed E-state index contributed by atoms with van der Waals surface area (Å²) in [5, 5.41) is 49.3. The second-order valence-corrected chi connectivity index (χ2v) is 9.13. The van der Waals surface area contributed by atoms with Crippen LogP contribution in [0.2, 0.25) is 10.0 Å². The van der Waals surface area contributed by atoms with Crippen molar-refractivity contribution < 1.29 is 34.7 Å². The number of aliphatic hydroxyl groups is 3. The second kappa shape index (κ2) is 9.52. The molecule has 0 radical (unpaired) electrons. The van der Waals surface area contributed by atoms with Crippen LogP contribution in [-0.4, -0.2) is 77.6 Å². The molecular formula is C23H20Cl2N4O7. The number of aliphatic imine (C=N–C) groups is 1. The smallest absolute Gasteiger partial charge is 0.335 e. The van der Waals surface area contributed by atoms with Crippen molar-refractivity contribution >= 4 is 34.9 Å². The molecule has 36 heavy (non-hydrogen) atoms. The molecule has 3 heterocycles. The highest BCUT2D eigenvalue weighted by molar-refractivity contribution is 6.36. The summed E-state index contributed by atoms with van der Waals surface area (Å²) in [6, 6.07) is 12.2. The van der Waals surface area contributed by atoms with Gasteiger partial charge >= 0.3 is 5.97 Å². The quantitative estimate of drug-likeness (QED) is 0.390. The minimum Gasteiger partial charge on any atom is -0.479 e. The molecule has 4 N–H and O–H groups in total. The Morgan fingerprint density at radius 3 is 2.50 bits per heavy atom. The monoisotopic (exact) mass is 534 g/mol. The summed E-state index contributed by atoms with van der Waals surface area (Å²) in [6.07, 6.45) is -10.3. The zero-order valence-electron chi connectivity index (χ0n) is 18.6. The molecule has 0 amide bonds. The number of carboxylic acids is 1. The van der Waals surface area contributed by atoms with Crippen molar-refractivity contribution in [1.82, 2.24) is 14.8 Å². The molecule has 0 spiro atoms. The maximum absolute atomic E-state index is 11.6. The highest BCUT2D eigenvalue weighted by Crippen LogP contribution is 2.36. The Morgan fingerprint density at radius 1 is 1.03 bits per heavy atom. The average molecular weight is 535 g/mol. The van der Waals surface area contributed by atoms with Crippen LogP contribution >= 0.6 is 23.2 Å². The maximum atomic E-state index is 11.6. The minimum atomic E-state index is -1.87. The van der Waals surface area contributed by atoms with Gasteiger partial charge in [0.25, 0.3) is 0 Å². The molecule has 0 aliphatic carbocycles. The van der Waals surface area contributed by atoms with Gasteiger partial charge in [0.05, 0.1) is 11.4 Å². The lowest BCUT2D eigenvalue weighted by atomic mass is 9.99. The van der Waals surface area contributed by atoms with E-state index in [0.717, 1.165) is 0 Å². The molecule has 3 aromatic rings. The largest absolute Gasteiger partial charge is 0.479 e. The summed E-state index contributed by atoms with van der Waals surface area (Å²) >= 11 is 12.8. The Balaban J connectivity index is 1.66. The number of aromatic nitrogens is 3. The van der Waals surface area contributed by atoms with Crippen molar-refractivity contribution in [3.8, 4) is 5.69 Å². The topological polar surface area (TPSA) is 160 Å². The Bertz CT molecular complexity index is 1360. The predicted molar refractivity (Wildman–Crippen MR) is 126 cm³/mol. The van der Waals surface area contributed by atoms with Crippen molar-refractivity contribution in [1.29, 1.82) is 0 Å². The Kier molecular flexibility index (Phi) is 6.55. The molecular weight excluding hydrogens is 515 g/mol. The molecule has 0 saturated carbocycles. The number of fused-ring (bicyclic) bond motifs is 3. The second-order valence-electron chi connectivity index (χ2n) is 8.28. The van der Waals surface area contributed by atoms with Crippen molar-refractivity contribution in [3.63, 3.8) is 0 Å². The van der Waals surface area contributed by atoms with Gasteiger partial charge in [-0.2, -0.15) is 0 Å². The van der Waals surface area contributed by atoms with Gasteiger partial charge in [-0.3, -0.25) is 4.57 Å². The lowest BCUT2D eigenvalue weighted by Gasteiger charge is -2.39. The number of hydrogen-bond acceptors (Lipinski definition) is 9. The summed E-state index contributed by atoms with van der Waals surface area (Å²) in [5.41, 5.74) is 2.16. The van der Waals surface area contributed by atoms with Crippen LogP contribution in [0.3, 0.4) is 0 Å². The van der Waals surface area contributed by atoms with Crippen LogP contribution in [0, 0.1) is 6.92 Å². The lowest BCUT2D eigenvalue weighted by molar-refractivity contribution is -0.305. The first-order chi connectivity index (χ1) is 17.2. The van der Waals surface area contributed by atoms with Crippen LogP contribution < -0.4 is 0 Å². The molecule has 188 valence electrons. The lowest BCUT2D eigenvalue weighted by Crippen LogP contribution is -2.60.